The second kappa shape index (κ2) is 9.84. The fourth-order valence-corrected chi connectivity index (χ4v) is 4.72. The van der Waals surface area contributed by atoms with Gasteiger partial charge in [-0.05, 0) is 62.4 Å². The van der Waals surface area contributed by atoms with E-state index >= 15 is 0 Å². The lowest BCUT2D eigenvalue weighted by atomic mass is 9.96. The summed E-state index contributed by atoms with van der Waals surface area (Å²) in [5.41, 5.74) is 5.50. The average Bonchev–Trinajstić information content (AvgIpc) is 2.78. The Morgan fingerprint density at radius 2 is 1.62 bits per heavy atom. The Labute approximate surface area is 191 Å². The number of piperazine rings is 1. The number of aryl methyl sites for hydroxylation is 2. The maximum absolute atomic E-state index is 13.2. The number of hydrogen-bond acceptors (Lipinski definition) is 4. The molecule has 2 aromatic rings. The smallest absolute Gasteiger partial charge is 0.241 e. The molecule has 1 fully saturated rings. The van der Waals surface area contributed by atoms with E-state index in [4.69, 9.17) is 0 Å². The second-order valence-electron chi connectivity index (χ2n) is 9.13. The van der Waals surface area contributed by atoms with Crippen LogP contribution in [0.2, 0.25) is 0 Å². The van der Waals surface area contributed by atoms with Gasteiger partial charge in [0.2, 0.25) is 11.8 Å². The van der Waals surface area contributed by atoms with E-state index in [2.05, 4.69) is 47.2 Å². The minimum absolute atomic E-state index is 0.0157. The van der Waals surface area contributed by atoms with Gasteiger partial charge in [0.05, 0.1) is 13.1 Å². The van der Waals surface area contributed by atoms with Crippen LogP contribution in [0.5, 0.6) is 0 Å². The van der Waals surface area contributed by atoms with Crippen LogP contribution in [-0.2, 0) is 16.0 Å². The summed E-state index contributed by atoms with van der Waals surface area (Å²) in [6.07, 6.45) is 2.04. The fourth-order valence-electron chi connectivity index (χ4n) is 4.72. The standard InChI is InChI=1S/C26H34N4O2/c1-19-7-6-9-23(21(19)3)27-25(31)17-28-13-15-29(16-14-28)18-26(32)30-20(2)11-12-22-8-4-5-10-24(22)30/h4-10,20H,11-18H2,1-3H3,(H,27,31). The topological polar surface area (TPSA) is 55.9 Å². The Bertz CT molecular complexity index is 982. The molecule has 0 radical (unpaired) electrons. The third-order valence-corrected chi connectivity index (χ3v) is 6.86. The van der Waals surface area contributed by atoms with Gasteiger partial charge < -0.3 is 10.2 Å². The zero-order valence-corrected chi connectivity index (χ0v) is 19.4. The van der Waals surface area contributed by atoms with Crippen LogP contribution in [-0.4, -0.2) is 66.9 Å². The van der Waals surface area contributed by atoms with Crippen molar-refractivity contribution in [1.29, 1.82) is 0 Å². The van der Waals surface area contributed by atoms with Gasteiger partial charge in [-0.25, -0.2) is 0 Å². The Morgan fingerprint density at radius 3 is 2.38 bits per heavy atom. The number of nitrogens with one attached hydrogen (secondary N) is 1. The number of carbonyl (C=O) groups excluding carboxylic acids is 2. The molecule has 1 N–H and O–H groups in total. The summed E-state index contributed by atoms with van der Waals surface area (Å²) < 4.78 is 0. The Kier molecular flexibility index (Phi) is 6.92. The van der Waals surface area contributed by atoms with Crippen LogP contribution in [0.25, 0.3) is 0 Å². The van der Waals surface area contributed by atoms with Crippen molar-refractivity contribution in [1.82, 2.24) is 9.80 Å². The Hall–Kier alpha value is -2.70. The highest BCUT2D eigenvalue weighted by Gasteiger charge is 2.30. The van der Waals surface area contributed by atoms with E-state index < -0.39 is 0 Å². The van der Waals surface area contributed by atoms with Gasteiger partial charge in [-0.3, -0.25) is 19.4 Å². The summed E-state index contributed by atoms with van der Waals surface area (Å²) in [6.45, 7) is 10.2. The first-order chi connectivity index (χ1) is 15.4. The van der Waals surface area contributed by atoms with Gasteiger partial charge in [-0.15, -0.1) is 0 Å². The molecule has 2 aromatic carbocycles. The summed E-state index contributed by atoms with van der Waals surface area (Å²) in [4.78, 5) is 32.1. The van der Waals surface area contributed by atoms with Gasteiger partial charge in [-0.1, -0.05) is 30.3 Å². The SMILES string of the molecule is Cc1cccc(NC(=O)CN2CCN(CC(=O)N3c4ccccc4CCC3C)CC2)c1C. The van der Waals surface area contributed by atoms with E-state index in [1.807, 2.05) is 36.1 Å². The molecule has 0 aliphatic carbocycles. The average molecular weight is 435 g/mol. The number of carbonyl (C=O) groups is 2. The first-order valence-corrected chi connectivity index (χ1v) is 11.6. The first-order valence-electron chi connectivity index (χ1n) is 11.6. The summed E-state index contributed by atoms with van der Waals surface area (Å²) in [6, 6.07) is 14.5. The van der Waals surface area contributed by atoms with Crippen LogP contribution in [0.3, 0.4) is 0 Å². The molecule has 0 spiro atoms. The van der Waals surface area contributed by atoms with Crippen LogP contribution < -0.4 is 10.2 Å². The lowest BCUT2D eigenvalue weighted by molar-refractivity contribution is -0.121. The molecular formula is C26H34N4O2. The van der Waals surface area contributed by atoms with Gasteiger partial charge in [0.25, 0.3) is 0 Å². The Morgan fingerprint density at radius 1 is 0.938 bits per heavy atom. The van der Waals surface area contributed by atoms with Crippen molar-refractivity contribution < 1.29 is 9.59 Å². The zero-order valence-electron chi connectivity index (χ0n) is 19.4. The van der Waals surface area contributed by atoms with Gasteiger partial charge in [-0.2, -0.15) is 0 Å². The molecule has 6 nitrogen and oxygen atoms in total. The molecule has 2 amide bonds. The molecule has 2 heterocycles. The molecule has 2 aliphatic heterocycles. The van der Waals surface area contributed by atoms with Crippen LogP contribution in [0.15, 0.2) is 42.5 Å². The molecule has 1 atom stereocenters. The van der Waals surface area contributed by atoms with Crippen LogP contribution in [0.4, 0.5) is 11.4 Å². The summed E-state index contributed by atoms with van der Waals surface area (Å²) >= 11 is 0. The van der Waals surface area contributed by atoms with Crippen molar-refractivity contribution in [2.75, 3.05) is 49.5 Å². The van der Waals surface area contributed by atoms with E-state index in [9.17, 15) is 9.59 Å². The summed E-state index contributed by atoms with van der Waals surface area (Å²) in [7, 11) is 0. The molecule has 1 saturated heterocycles. The highest BCUT2D eigenvalue weighted by Crippen LogP contribution is 2.30. The maximum Gasteiger partial charge on any atom is 0.241 e. The molecule has 0 saturated carbocycles. The quantitative estimate of drug-likeness (QED) is 0.785. The zero-order chi connectivity index (χ0) is 22.7. The highest BCUT2D eigenvalue weighted by atomic mass is 16.2. The van der Waals surface area contributed by atoms with E-state index in [1.165, 1.54) is 11.1 Å². The van der Waals surface area contributed by atoms with Crippen molar-refractivity contribution in [3.8, 4) is 0 Å². The molecule has 6 heteroatoms. The van der Waals surface area contributed by atoms with E-state index in [0.717, 1.165) is 56.0 Å². The number of fused-ring (bicyclic) bond motifs is 1. The molecule has 4 rings (SSSR count). The number of rotatable bonds is 5. The van der Waals surface area contributed by atoms with Crippen molar-refractivity contribution in [2.45, 2.75) is 39.7 Å². The maximum atomic E-state index is 13.2. The fraction of sp³-hybridized carbons (Fsp3) is 0.462. The van der Waals surface area contributed by atoms with Gasteiger partial charge in [0.1, 0.15) is 0 Å². The molecule has 0 bridgehead atoms. The molecule has 32 heavy (non-hydrogen) atoms. The molecule has 1 unspecified atom stereocenters. The predicted octanol–water partition coefficient (Wildman–Crippen LogP) is 3.23. The number of para-hydroxylation sites is 1. The van der Waals surface area contributed by atoms with Crippen molar-refractivity contribution in [3.05, 3.63) is 59.2 Å². The summed E-state index contributed by atoms with van der Waals surface area (Å²) in [5, 5.41) is 3.04. The van der Waals surface area contributed by atoms with Crippen molar-refractivity contribution >= 4 is 23.2 Å². The second-order valence-corrected chi connectivity index (χ2v) is 9.13. The van der Waals surface area contributed by atoms with Crippen molar-refractivity contribution in [3.63, 3.8) is 0 Å². The molecule has 170 valence electrons. The number of benzene rings is 2. The minimum Gasteiger partial charge on any atom is -0.325 e. The van der Waals surface area contributed by atoms with Gasteiger partial charge >= 0.3 is 0 Å². The number of amides is 2. The van der Waals surface area contributed by atoms with Crippen LogP contribution in [0.1, 0.15) is 30.0 Å². The van der Waals surface area contributed by atoms with Gasteiger partial charge in [0, 0.05) is 43.6 Å². The lowest BCUT2D eigenvalue weighted by Crippen LogP contribution is -2.53. The number of anilines is 2. The Balaban J connectivity index is 1.27. The van der Waals surface area contributed by atoms with Gasteiger partial charge in [0.15, 0.2) is 0 Å². The monoisotopic (exact) mass is 434 g/mol. The minimum atomic E-state index is 0.0157. The number of nitrogens with zero attached hydrogens (tertiary/aromatic N) is 3. The first kappa shape index (κ1) is 22.5. The van der Waals surface area contributed by atoms with E-state index in [0.29, 0.717) is 13.1 Å². The van der Waals surface area contributed by atoms with E-state index in [1.54, 1.807) is 0 Å². The lowest BCUT2D eigenvalue weighted by Gasteiger charge is -2.38. The van der Waals surface area contributed by atoms with Crippen LogP contribution in [0, 0.1) is 13.8 Å². The van der Waals surface area contributed by atoms with E-state index in [-0.39, 0.29) is 17.9 Å². The predicted molar refractivity (Wildman–Crippen MR) is 129 cm³/mol. The van der Waals surface area contributed by atoms with Crippen LogP contribution >= 0.6 is 0 Å². The molecular weight excluding hydrogens is 400 g/mol. The van der Waals surface area contributed by atoms with Crippen molar-refractivity contribution in [2.24, 2.45) is 0 Å². The molecule has 0 aromatic heterocycles. The summed E-state index contributed by atoms with van der Waals surface area (Å²) in [5.74, 6) is 0.188. The number of hydrogen-bond donors (Lipinski definition) is 1. The molecule has 2 aliphatic rings. The third-order valence-electron chi connectivity index (χ3n) is 6.86. The highest BCUT2D eigenvalue weighted by molar-refractivity contribution is 5.96. The third kappa shape index (κ3) is 5.03. The normalized spacial score (nSPS) is 19.5. The largest absolute Gasteiger partial charge is 0.325 e.